The Kier molecular flexibility index (Phi) is 4.73. The van der Waals surface area contributed by atoms with E-state index in [2.05, 4.69) is 11.4 Å². The van der Waals surface area contributed by atoms with Gasteiger partial charge in [-0.15, -0.1) is 0 Å². The molecule has 0 heterocycles. The average molecular weight is 295 g/mol. The van der Waals surface area contributed by atoms with Crippen molar-refractivity contribution in [2.75, 3.05) is 5.32 Å². The number of nitriles is 4. The zero-order chi connectivity index (χ0) is 16.7. The number of hydrogen-bond donors (Lipinski definition) is 1. The summed E-state index contributed by atoms with van der Waals surface area (Å²) >= 11 is 0. The van der Waals surface area contributed by atoms with Gasteiger partial charge < -0.3 is 5.32 Å². The molecule has 23 heavy (non-hydrogen) atoms. The van der Waals surface area contributed by atoms with Crippen molar-refractivity contribution in [3.05, 3.63) is 65.4 Å². The van der Waals surface area contributed by atoms with Crippen molar-refractivity contribution >= 4 is 5.69 Å². The third-order valence-corrected chi connectivity index (χ3v) is 3.04. The fourth-order valence-corrected chi connectivity index (χ4v) is 1.97. The van der Waals surface area contributed by atoms with Gasteiger partial charge in [-0.1, -0.05) is 24.3 Å². The van der Waals surface area contributed by atoms with Gasteiger partial charge in [0.05, 0.1) is 11.6 Å². The molecule has 0 fully saturated rings. The summed E-state index contributed by atoms with van der Waals surface area (Å²) in [6.45, 7) is 0. The third kappa shape index (κ3) is 3.53. The summed E-state index contributed by atoms with van der Waals surface area (Å²) in [7, 11) is 0. The summed E-state index contributed by atoms with van der Waals surface area (Å²) in [5.41, 5.74) is 2.46. The zero-order valence-corrected chi connectivity index (χ0v) is 11.9. The van der Waals surface area contributed by atoms with Crippen LogP contribution in [0.2, 0.25) is 0 Å². The summed E-state index contributed by atoms with van der Waals surface area (Å²) < 4.78 is 0. The molecule has 0 radical (unpaired) electrons. The standard InChI is InChI=1S/C18H9N5/c19-9-13-3-1-4-14(7-13)15-5-2-6-17(8-15)23-18(12-22)16(10-20)11-21/h1-8,23H. The van der Waals surface area contributed by atoms with E-state index in [1.54, 1.807) is 48.5 Å². The quantitative estimate of drug-likeness (QED) is 0.872. The summed E-state index contributed by atoms with van der Waals surface area (Å²) in [5, 5.41) is 38.5. The molecule has 0 saturated carbocycles. The monoisotopic (exact) mass is 295 g/mol. The van der Waals surface area contributed by atoms with E-state index in [0.29, 0.717) is 11.3 Å². The molecule has 1 N–H and O–H groups in total. The van der Waals surface area contributed by atoms with Crippen LogP contribution in [0.4, 0.5) is 5.69 Å². The van der Waals surface area contributed by atoms with Crippen LogP contribution < -0.4 is 5.32 Å². The Morgan fingerprint density at radius 2 is 1.43 bits per heavy atom. The van der Waals surface area contributed by atoms with Crippen molar-refractivity contribution in [1.82, 2.24) is 0 Å². The van der Waals surface area contributed by atoms with Crippen LogP contribution in [-0.4, -0.2) is 0 Å². The molecule has 2 rings (SSSR count). The van der Waals surface area contributed by atoms with E-state index in [-0.39, 0.29) is 11.3 Å². The lowest BCUT2D eigenvalue weighted by molar-refractivity contribution is 1.37. The second kappa shape index (κ2) is 7.09. The van der Waals surface area contributed by atoms with E-state index in [0.717, 1.165) is 11.1 Å². The van der Waals surface area contributed by atoms with Gasteiger partial charge in [0.15, 0.2) is 5.57 Å². The largest absolute Gasteiger partial charge is 0.345 e. The summed E-state index contributed by atoms with van der Waals surface area (Å²) in [6, 6.07) is 21.5. The van der Waals surface area contributed by atoms with Gasteiger partial charge in [0.2, 0.25) is 0 Å². The molecule has 0 unspecified atom stereocenters. The zero-order valence-electron chi connectivity index (χ0n) is 11.9. The fraction of sp³-hybridized carbons (Fsp3) is 0. The molecule has 0 aliphatic heterocycles. The van der Waals surface area contributed by atoms with Crippen LogP contribution in [0.3, 0.4) is 0 Å². The van der Waals surface area contributed by atoms with Gasteiger partial charge >= 0.3 is 0 Å². The Hall–Kier alpha value is -4.06. The maximum atomic E-state index is 9.07. The molecule has 0 aromatic heterocycles. The Bertz CT molecular complexity index is 927. The highest BCUT2D eigenvalue weighted by Crippen LogP contribution is 2.24. The molecular formula is C18H9N5. The number of benzene rings is 2. The minimum absolute atomic E-state index is 0.0991. The predicted molar refractivity (Wildman–Crippen MR) is 84.1 cm³/mol. The summed E-state index contributed by atoms with van der Waals surface area (Å²) in [4.78, 5) is 0. The maximum absolute atomic E-state index is 9.07. The van der Waals surface area contributed by atoms with Gasteiger partial charge in [-0.3, -0.25) is 0 Å². The lowest BCUT2D eigenvalue weighted by Crippen LogP contribution is -2.00. The summed E-state index contributed by atoms with van der Waals surface area (Å²) in [6.07, 6.45) is 0. The third-order valence-electron chi connectivity index (χ3n) is 3.04. The normalized spacial score (nSPS) is 8.70. The number of allylic oxidation sites excluding steroid dienone is 2. The van der Waals surface area contributed by atoms with Crippen molar-refractivity contribution in [3.8, 4) is 35.4 Å². The topological polar surface area (TPSA) is 107 Å². The molecule has 5 nitrogen and oxygen atoms in total. The highest BCUT2D eigenvalue weighted by Gasteiger charge is 2.07. The predicted octanol–water partition coefficient (Wildman–Crippen LogP) is 3.46. The van der Waals surface area contributed by atoms with E-state index in [4.69, 9.17) is 21.0 Å². The molecule has 0 spiro atoms. The van der Waals surface area contributed by atoms with Gasteiger partial charge in [-0.2, -0.15) is 21.0 Å². The first-order chi connectivity index (χ1) is 11.2. The van der Waals surface area contributed by atoms with Gasteiger partial charge in [-0.05, 0) is 35.4 Å². The van der Waals surface area contributed by atoms with Gasteiger partial charge in [0.25, 0.3) is 0 Å². The first-order valence-electron chi connectivity index (χ1n) is 6.54. The molecule has 0 aliphatic carbocycles. The first-order valence-corrected chi connectivity index (χ1v) is 6.54. The number of anilines is 1. The van der Waals surface area contributed by atoms with Crippen LogP contribution in [0.15, 0.2) is 59.8 Å². The van der Waals surface area contributed by atoms with E-state index in [9.17, 15) is 0 Å². The minimum Gasteiger partial charge on any atom is -0.345 e. The van der Waals surface area contributed by atoms with E-state index >= 15 is 0 Å². The number of nitrogens with one attached hydrogen (secondary N) is 1. The molecule has 5 heteroatoms. The molecule has 106 valence electrons. The molecule has 0 saturated heterocycles. The Morgan fingerprint density at radius 1 is 0.783 bits per heavy atom. The van der Waals surface area contributed by atoms with Crippen molar-refractivity contribution in [2.45, 2.75) is 0 Å². The van der Waals surface area contributed by atoms with Crippen LogP contribution in [0.25, 0.3) is 11.1 Å². The van der Waals surface area contributed by atoms with Crippen LogP contribution in [0, 0.1) is 45.3 Å². The number of rotatable bonds is 3. The smallest absolute Gasteiger partial charge is 0.163 e. The second-order valence-corrected chi connectivity index (χ2v) is 4.48. The molecule has 0 atom stereocenters. The van der Waals surface area contributed by atoms with Gasteiger partial charge in [0.1, 0.15) is 23.9 Å². The summed E-state index contributed by atoms with van der Waals surface area (Å²) in [5.74, 6) is 0. The van der Waals surface area contributed by atoms with Crippen molar-refractivity contribution in [3.63, 3.8) is 0 Å². The SMILES string of the molecule is N#CC(C#N)=C(C#N)Nc1cccc(-c2cccc(C#N)c2)c1. The molecule has 0 bridgehead atoms. The molecule has 0 amide bonds. The van der Waals surface area contributed by atoms with Crippen molar-refractivity contribution in [2.24, 2.45) is 0 Å². The van der Waals surface area contributed by atoms with Crippen LogP contribution in [0.1, 0.15) is 5.56 Å². The first kappa shape index (κ1) is 15.3. The Morgan fingerprint density at radius 3 is 2.04 bits per heavy atom. The highest BCUT2D eigenvalue weighted by atomic mass is 14.9. The van der Waals surface area contributed by atoms with Gasteiger partial charge in [-0.25, -0.2) is 0 Å². The van der Waals surface area contributed by atoms with E-state index in [1.165, 1.54) is 0 Å². The highest BCUT2D eigenvalue weighted by molar-refractivity contribution is 5.71. The van der Waals surface area contributed by atoms with E-state index < -0.39 is 0 Å². The molecule has 0 aliphatic rings. The fourth-order valence-electron chi connectivity index (χ4n) is 1.97. The molecular weight excluding hydrogens is 286 g/mol. The van der Waals surface area contributed by atoms with Crippen LogP contribution in [0.5, 0.6) is 0 Å². The van der Waals surface area contributed by atoms with Crippen molar-refractivity contribution < 1.29 is 0 Å². The van der Waals surface area contributed by atoms with Crippen LogP contribution >= 0.6 is 0 Å². The Labute approximate surface area is 133 Å². The molecule has 2 aromatic carbocycles. The lowest BCUT2D eigenvalue weighted by atomic mass is 10.0. The lowest BCUT2D eigenvalue weighted by Gasteiger charge is -2.08. The van der Waals surface area contributed by atoms with E-state index in [1.807, 2.05) is 18.2 Å². The van der Waals surface area contributed by atoms with Gasteiger partial charge in [0, 0.05) is 5.69 Å². The minimum atomic E-state index is -0.274. The van der Waals surface area contributed by atoms with Crippen LogP contribution in [-0.2, 0) is 0 Å². The average Bonchev–Trinajstić information content (AvgIpc) is 2.62. The number of hydrogen-bond acceptors (Lipinski definition) is 5. The maximum Gasteiger partial charge on any atom is 0.163 e. The van der Waals surface area contributed by atoms with Crippen molar-refractivity contribution in [1.29, 1.82) is 21.0 Å². The number of nitrogens with zero attached hydrogens (tertiary/aromatic N) is 4. The Balaban J connectivity index is 2.40. The second-order valence-electron chi connectivity index (χ2n) is 4.48. The molecule has 2 aromatic rings.